The highest BCUT2D eigenvalue weighted by molar-refractivity contribution is 6.14. The summed E-state index contributed by atoms with van der Waals surface area (Å²) in [6, 6.07) is 48.9. The zero-order valence-corrected chi connectivity index (χ0v) is 27.0. The fourth-order valence-corrected chi connectivity index (χ4v) is 7.16. The van der Waals surface area contributed by atoms with E-state index < -0.39 is 0 Å². The number of rotatable bonds is 5. The maximum absolute atomic E-state index is 6.38. The minimum Gasteiger partial charge on any atom is -0.438 e. The van der Waals surface area contributed by atoms with Gasteiger partial charge in [0.1, 0.15) is 5.58 Å². The number of aryl methyl sites for hydroxylation is 1. The predicted molar refractivity (Wildman–Crippen MR) is 199 cm³/mol. The molecule has 0 amide bonds. The van der Waals surface area contributed by atoms with Crippen LogP contribution in [0, 0.1) is 6.92 Å². The predicted octanol–water partition coefficient (Wildman–Crippen LogP) is 10.8. The fourth-order valence-electron chi connectivity index (χ4n) is 7.16. The normalized spacial score (nSPS) is 11.6. The molecular formula is C43H32N4O. The first-order valence-electron chi connectivity index (χ1n) is 16.2. The zero-order chi connectivity index (χ0) is 32.4. The Bertz CT molecular complexity index is 2670. The molecule has 0 aliphatic carbocycles. The Balaban J connectivity index is 1.36. The van der Waals surface area contributed by atoms with Crippen LogP contribution in [0.25, 0.3) is 83.3 Å². The molecule has 0 atom stereocenters. The molecule has 48 heavy (non-hydrogen) atoms. The Morgan fingerprint density at radius 2 is 1.27 bits per heavy atom. The molecule has 0 aliphatic heterocycles. The van der Waals surface area contributed by atoms with Gasteiger partial charge in [-0.25, -0.2) is 4.98 Å². The first kappa shape index (κ1) is 28.1. The molecule has 0 saturated carbocycles. The largest absolute Gasteiger partial charge is 0.438 e. The van der Waals surface area contributed by atoms with E-state index in [-0.39, 0.29) is 0 Å². The topological polar surface area (TPSA) is 47.1 Å². The molecule has 0 aliphatic rings. The Hall–Kier alpha value is -6.20. The highest BCUT2D eigenvalue weighted by Crippen LogP contribution is 2.43. The molecule has 0 unspecified atom stereocenters. The van der Waals surface area contributed by atoms with Gasteiger partial charge in [-0.1, -0.05) is 103 Å². The minimum atomic E-state index is 0.581. The summed E-state index contributed by atoms with van der Waals surface area (Å²) in [5, 5.41) is 4.33. The van der Waals surface area contributed by atoms with Crippen LogP contribution in [0.15, 0.2) is 144 Å². The number of benzene rings is 6. The average Bonchev–Trinajstić information content (AvgIpc) is 3.66. The molecule has 9 rings (SSSR count). The summed E-state index contributed by atoms with van der Waals surface area (Å²) in [5.41, 5.74) is 12.4. The molecule has 0 saturated heterocycles. The van der Waals surface area contributed by atoms with Gasteiger partial charge in [-0.3, -0.25) is 0 Å². The molecule has 0 bridgehead atoms. The van der Waals surface area contributed by atoms with Crippen molar-refractivity contribution in [1.29, 1.82) is 0 Å². The lowest BCUT2D eigenvalue weighted by molar-refractivity contribution is 0.653. The standard InChI is InChI=1S/C43H32N4O/c1-27-25-38-34(26-33(27)29-17-7-11-21-35(29)46(2)3)30-18-8-12-22-36(30)47(38)37-23-13-9-19-31(37)41-40-32-20-10-14-24-39(32)48-43(40)45-42(44-41)28-15-5-4-6-16-28/h4-26H,1-3H3. The van der Waals surface area contributed by atoms with Crippen molar-refractivity contribution < 1.29 is 4.42 Å². The fraction of sp³-hybridized carbons (Fsp3) is 0.0698. The van der Waals surface area contributed by atoms with E-state index in [1.807, 2.05) is 48.5 Å². The van der Waals surface area contributed by atoms with E-state index in [4.69, 9.17) is 14.4 Å². The van der Waals surface area contributed by atoms with Crippen LogP contribution in [-0.2, 0) is 0 Å². The first-order chi connectivity index (χ1) is 23.6. The number of hydrogen-bond acceptors (Lipinski definition) is 4. The number of para-hydroxylation sites is 4. The van der Waals surface area contributed by atoms with Gasteiger partial charge in [-0.05, 0) is 54.4 Å². The van der Waals surface area contributed by atoms with Crippen molar-refractivity contribution in [3.8, 4) is 39.5 Å². The van der Waals surface area contributed by atoms with E-state index in [1.165, 1.54) is 33.2 Å². The average molecular weight is 621 g/mol. The molecule has 0 radical (unpaired) electrons. The second-order valence-electron chi connectivity index (χ2n) is 12.5. The molecule has 5 heteroatoms. The second-order valence-corrected chi connectivity index (χ2v) is 12.5. The van der Waals surface area contributed by atoms with E-state index >= 15 is 0 Å². The summed E-state index contributed by atoms with van der Waals surface area (Å²) in [4.78, 5) is 12.4. The lowest BCUT2D eigenvalue weighted by atomic mass is 9.96. The highest BCUT2D eigenvalue weighted by Gasteiger charge is 2.23. The quantitative estimate of drug-likeness (QED) is 0.192. The van der Waals surface area contributed by atoms with Crippen molar-refractivity contribution >= 4 is 49.6 Å². The summed E-state index contributed by atoms with van der Waals surface area (Å²) in [5.74, 6) is 0.634. The Morgan fingerprint density at radius 1 is 0.583 bits per heavy atom. The number of aromatic nitrogens is 3. The van der Waals surface area contributed by atoms with Crippen molar-refractivity contribution in [1.82, 2.24) is 14.5 Å². The molecule has 6 aromatic carbocycles. The number of anilines is 1. The van der Waals surface area contributed by atoms with Crippen molar-refractivity contribution in [2.75, 3.05) is 19.0 Å². The summed E-state index contributed by atoms with van der Waals surface area (Å²) >= 11 is 0. The third kappa shape index (κ3) is 4.32. The molecule has 9 aromatic rings. The van der Waals surface area contributed by atoms with Crippen LogP contribution < -0.4 is 4.90 Å². The maximum atomic E-state index is 6.38. The van der Waals surface area contributed by atoms with Gasteiger partial charge in [0, 0.05) is 52.6 Å². The van der Waals surface area contributed by atoms with Crippen LogP contribution in [0.2, 0.25) is 0 Å². The molecule has 0 N–H and O–H groups in total. The van der Waals surface area contributed by atoms with Crippen molar-refractivity contribution in [3.05, 3.63) is 145 Å². The Kier molecular flexibility index (Phi) is 6.40. The Labute approximate surface area is 278 Å². The molecule has 3 heterocycles. The van der Waals surface area contributed by atoms with E-state index in [0.717, 1.165) is 49.9 Å². The van der Waals surface area contributed by atoms with Crippen molar-refractivity contribution in [2.45, 2.75) is 6.92 Å². The summed E-state index contributed by atoms with van der Waals surface area (Å²) in [6.07, 6.45) is 0. The number of furan rings is 1. The minimum absolute atomic E-state index is 0.581. The van der Waals surface area contributed by atoms with Crippen molar-refractivity contribution in [2.24, 2.45) is 0 Å². The summed E-state index contributed by atoms with van der Waals surface area (Å²) < 4.78 is 8.78. The van der Waals surface area contributed by atoms with E-state index in [0.29, 0.717) is 11.5 Å². The number of nitrogens with zero attached hydrogens (tertiary/aromatic N) is 4. The van der Waals surface area contributed by atoms with E-state index in [2.05, 4.69) is 121 Å². The lowest BCUT2D eigenvalue weighted by Gasteiger charge is -2.19. The van der Waals surface area contributed by atoms with Gasteiger partial charge in [0.15, 0.2) is 5.82 Å². The molecule has 0 fully saturated rings. The molecule has 3 aromatic heterocycles. The monoisotopic (exact) mass is 620 g/mol. The van der Waals surface area contributed by atoms with Crippen LogP contribution in [0.5, 0.6) is 0 Å². The number of fused-ring (bicyclic) bond motifs is 6. The molecular weight excluding hydrogens is 589 g/mol. The van der Waals surface area contributed by atoms with Crippen LogP contribution in [-0.4, -0.2) is 28.6 Å². The highest BCUT2D eigenvalue weighted by atomic mass is 16.3. The zero-order valence-electron chi connectivity index (χ0n) is 27.0. The van der Waals surface area contributed by atoms with Crippen LogP contribution >= 0.6 is 0 Å². The number of hydrogen-bond donors (Lipinski definition) is 0. The van der Waals surface area contributed by atoms with Crippen LogP contribution in [0.1, 0.15) is 5.56 Å². The Morgan fingerprint density at radius 3 is 2.10 bits per heavy atom. The summed E-state index contributed by atoms with van der Waals surface area (Å²) in [7, 11) is 4.21. The third-order valence-electron chi connectivity index (χ3n) is 9.37. The van der Waals surface area contributed by atoms with Gasteiger partial charge in [-0.2, -0.15) is 4.98 Å². The lowest BCUT2D eigenvalue weighted by Crippen LogP contribution is -2.10. The van der Waals surface area contributed by atoms with Crippen molar-refractivity contribution in [3.63, 3.8) is 0 Å². The van der Waals surface area contributed by atoms with Gasteiger partial charge >= 0.3 is 0 Å². The van der Waals surface area contributed by atoms with Crippen LogP contribution in [0.4, 0.5) is 5.69 Å². The second kappa shape index (κ2) is 11.0. The third-order valence-corrected chi connectivity index (χ3v) is 9.37. The maximum Gasteiger partial charge on any atom is 0.231 e. The summed E-state index contributed by atoms with van der Waals surface area (Å²) in [6.45, 7) is 2.22. The van der Waals surface area contributed by atoms with Gasteiger partial charge in [0.05, 0.1) is 27.8 Å². The molecule has 0 spiro atoms. The van der Waals surface area contributed by atoms with E-state index in [1.54, 1.807) is 0 Å². The molecule has 230 valence electrons. The van der Waals surface area contributed by atoms with E-state index in [9.17, 15) is 0 Å². The van der Waals surface area contributed by atoms with Gasteiger partial charge < -0.3 is 13.9 Å². The molecule has 5 nitrogen and oxygen atoms in total. The van der Waals surface area contributed by atoms with Gasteiger partial charge in [0.2, 0.25) is 5.71 Å². The smallest absolute Gasteiger partial charge is 0.231 e. The van der Waals surface area contributed by atoms with Gasteiger partial charge in [-0.15, -0.1) is 0 Å². The van der Waals surface area contributed by atoms with Crippen LogP contribution in [0.3, 0.4) is 0 Å². The first-order valence-corrected chi connectivity index (χ1v) is 16.2. The SMILES string of the molecule is Cc1cc2c(cc1-c1ccccc1N(C)C)c1ccccc1n2-c1ccccc1-c1nc(-c2ccccc2)nc2oc3ccccc3c12. The van der Waals surface area contributed by atoms with Gasteiger partial charge in [0.25, 0.3) is 0 Å².